The molecule has 0 radical (unpaired) electrons. The van der Waals surface area contributed by atoms with Crippen LogP contribution in [0, 0.1) is 18.8 Å². The van der Waals surface area contributed by atoms with Crippen LogP contribution >= 0.6 is 0 Å². The highest BCUT2D eigenvalue weighted by Crippen LogP contribution is 2.22. The maximum Gasteiger partial charge on any atom is 0.354 e. The Morgan fingerprint density at radius 1 is 1.59 bits per heavy atom. The van der Waals surface area contributed by atoms with Crippen molar-refractivity contribution in [3.8, 4) is 11.8 Å². The molecule has 0 aliphatic heterocycles. The zero-order valence-electron chi connectivity index (χ0n) is 9.56. The monoisotopic (exact) mass is 231 g/mol. The Hall–Kier alpha value is -1.86. The Bertz CT molecular complexity index is 495. The number of hydrogen-bond donors (Lipinski definition) is 1. The van der Waals surface area contributed by atoms with Gasteiger partial charge in [0, 0.05) is 11.3 Å². The number of aromatic carboxylic acids is 1. The van der Waals surface area contributed by atoms with Gasteiger partial charge in [-0.3, -0.25) is 0 Å². The fourth-order valence-corrected chi connectivity index (χ4v) is 1.38. The van der Waals surface area contributed by atoms with Gasteiger partial charge in [0.25, 0.3) is 0 Å². The highest BCUT2D eigenvalue weighted by atomic mass is 16.5. The summed E-state index contributed by atoms with van der Waals surface area (Å²) in [5.41, 5.74) is 1.34. The highest BCUT2D eigenvalue weighted by molar-refractivity contribution is 5.85. The molecule has 88 valence electrons. The summed E-state index contributed by atoms with van der Waals surface area (Å²) in [6.07, 6.45) is 2.64. The number of carboxylic acid groups (broad SMARTS) is 1. The number of carboxylic acids is 1. The van der Waals surface area contributed by atoms with Gasteiger partial charge in [-0.25, -0.2) is 9.78 Å². The summed E-state index contributed by atoms with van der Waals surface area (Å²) >= 11 is 0. The van der Waals surface area contributed by atoms with Gasteiger partial charge < -0.3 is 9.84 Å². The molecule has 1 aromatic rings. The number of carbonyl (C=O) groups is 1. The van der Waals surface area contributed by atoms with Gasteiger partial charge >= 0.3 is 5.97 Å². The SMILES string of the molecule is Cc1cc(C#CCOC2CC2)cc(C(=O)O)n1. The van der Waals surface area contributed by atoms with Crippen LogP contribution in [0.25, 0.3) is 0 Å². The molecule has 0 saturated heterocycles. The van der Waals surface area contributed by atoms with Crippen LogP contribution in [0.1, 0.15) is 34.6 Å². The minimum Gasteiger partial charge on any atom is -0.477 e. The van der Waals surface area contributed by atoms with Crippen molar-refractivity contribution in [1.29, 1.82) is 0 Å². The van der Waals surface area contributed by atoms with Crippen LogP contribution in [0.3, 0.4) is 0 Å². The average Bonchev–Trinajstić information content (AvgIpc) is 3.07. The molecule has 0 spiro atoms. The van der Waals surface area contributed by atoms with E-state index >= 15 is 0 Å². The molecule has 1 heterocycles. The van der Waals surface area contributed by atoms with Gasteiger partial charge in [-0.15, -0.1) is 0 Å². The van der Waals surface area contributed by atoms with E-state index in [1.54, 1.807) is 13.0 Å². The molecule has 1 aliphatic rings. The fourth-order valence-electron chi connectivity index (χ4n) is 1.38. The first-order valence-corrected chi connectivity index (χ1v) is 5.47. The Balaban J connectivity index is 2.05. The molecule has 1 fully saturated rings. The summed E-state index contributed by atoms with van der Waals surface area (Å²) in [6, 6.07) is 3.23. The maximum atomic E-state index is 10.8. The van der Waals surface area contributed by atoms with Crippen LogP contribution in [0.5, 0.6) is 0 Å². The summed E-state index contributed by atoms with van der Waals surface area (Å²) in [6.45, 7) is 2.15. The molecule has 1 saturated carbocycles. The van der Waals surface area contributed by atoms with Crippen LogP contribution in [-0.2, 0) is 4.74 Å². The largest absolute Gasteiger partial charge is 0.477 e. The zero-order chi connectivity index (χ0) is 12.3. The Kier molecular flexibility index (Phi) is 3.40. The summed E-state index contributed by atoms with van der Waals surface area (Å²) in [4.78, 5) is 14.7. The highest BCUT2D eigenvalue weighted by Gasteiger charge is 2.21. The predicted octanol–water partition coefficient (Wildman–Crippen LogP) is 1.62. The van der Waals surface area contributed by atoms with Crippen molar-refractivity contribution in [1.82, 2.24) is 4.98 Å². The molecule has 0 unspecified atom stereocenters. The lowest BCUT2D eigenvalue weighted by Gasteiger charge is -1.98. The smallest absolute Gasteiger partial charge is 0.354 e. The molecule has 0 atom stereocenters. The van der Waals surface area contributed by atoms with Gasteiger partial charge in [0.1, 0.15) is 12.3 Å². The van der Waals surface area contributed by atoms with Crippen molar-refractivity contribution in [3.05, 3.63) is 29.1 Å². The first-order chi connectivity index (χ1) is 8.15. The quantitative estimate of drug-likeness (QED) is 0.803. The van der Waals surface area contributed by atoms with Crippen molar-refractivity contribution < 1.29 is 14.6 Å². The molecular formula is C13H13NO3. The minimum absolute atomic E-state index is 0.0254. The third-order valence-electron chi connectivity index (χ3n) is 2.32. The summed E-state index contributed by atoms with van der Waals surface area (Å²) < 4.78 is 5.38. The molecular weight excluding hydrogens is 218 g/mol. The van der Waals surface area contributed by atoms with Gasteiger partial charge in [-0.05, 0) is 31.9 Å². The molecule has 0 amide bonds. The molecule has 4 heteroatoms. The molecule has 1 aromatic heterocycles. The van der Waals surface area contributed by atoms with Gasteiger partial charge in [0.2, 0.25) is 0 Å². The predicted molar refractivity (Wildman–Crippen MR) is 61.8 cm³/mol. The Morgan fingerprint density at radius 2 is 2.35 bits per heavy atom. The lowest BCUT2D eigenvalue weighted by molar-refractivity contribution is 0.0690. The van der Waals surface area contributed by atoms with E-state index in [0.717, 1.165) is 12.8 Å². The number of nitrogens with zero attached hydrogens (tertiary/aromatic N) is 1. The molecule has 4 nitrogen and oxygen atoms in total. The van der Waals surface area contributed by atoms with Crippen LogP contribution in [0.15, 0.2) is 12.1 Å². The zero-order valence-corrected chi connectivity index (χ0v) is 9.56. The third-order valence-corrected chi connectivity index (χ3v) is 2.32. The molecule has 0 bridgehead atoms. The van der Waals surface area contributed by atoms with E-state index in [9.17, 15) is 4.79 Å². The van der Waals surface area contributed by atoms with E-state index in [2.05, 4.69) is 16.8 Å². The normalized spacial score (nSPS) is 13.9. The third kappa shape index (κ3) is 3.58. The lowest BCUT2D eigenvalue weighted by Crippen LogP contribution is -2.02. The maximum absolute atomic E-state index is 10.8. The second-order valence-electron chi connectivity index (χ2n) is 4.00. The molecule has 17 heavy (non-hydrogen) atoms. The van der Waals surface area contributed by atoms with E-state index in [0.29, 0.717) is 24.0 Å². The lowest BCUT2D eigenvalue weighted by atomic mass is 10.2. The molecule has 1 N–H and O–H groups in total. The van der Waals surface area contributed by atoms with Gasteiger partial charge in [-0.1, -0.05) is 11.8 Å². The second kappa shape index (κ2) is 4.98. The van der Waals surface area contributed by atoms with E-state index in [1.807, 2.05) is 0 Å². The number of aromatic nitrogens is 1. The van der Waals surface area contributed by atoms with E-state index in [-0.39, 0.29) is 5.69 Å². The average molecular weight is 231 g/mol. The minimum atomic E-state index is -1.04. The second-order valence-corrected chi connectivity index (χ2v) is 4.00. The first-order valence-electron chi connectivity index (χ1n) is 5.47. The topological polar surface area (TPSA) is 59.4 Å². The number of rotatable bonds is 3. The Labute approximate surface area is 99.6 Å². The van der Waals surface area contributed by atoms with Gasteiger partial charge in [0.15, 0.2) is 0 Å². The first kappa shape index (κ1) is 11.6. The van der Waals surface area contributed by atoms with Crippen molar-refractivity contribution in [2.24, 2.45) is 0 Å². The van der Waals surface area contributed by atoms with Crippen LogP contribution in [0.2, 0.25) is 0 Å². The van der Waals surface area contributed by atoms with Crippen LogP contribution < -0.4 is 0 Å². The number of hydrogen-bond acceptors (Lipinski definition) is 3. The summed E-state index contributed by atoms with van der Waals surface area (Å²) in [5, 5.41) is 8.85. The van der Waals surface area contributed by atoms with E-state index in [1.165, 1.54) is 6.07 Å². The summed E-state index contributed by atoms with van der Waals surface area (Å²) in [7, 11) is 0. The van der Waals surface area contributed by atoms with E-state index < -0.39 is 5.97 Å². The molecule has 1 aliphatic carbocycles. The molecule has 0 aromatic carbocycles. The van der Waals surface area contributed by atoms with Crippen molar-refractivity contribution in [2.75, 3.05) is 6.61 Å². The number of pyridine rings is 1. The van der Waals surface area contributed by atoms with Crippen molar-refractivity contribution >= 4 is 5.97 Å². The number of aryl methyl sites for hydroxylation is 1. The number of ether oxygens (including phenoxy) is 1. The van der Waals surface area contributed by atoms with E-state index in [4.69, 9.17) is 9.84 Å². The summed E-state index contributed by atoms with van der Waals surface area (Å²) in [5.74, 6) is 4.72. The standard InChI is InChI=1S/C13H13NO3/c1-9-7-10(8-12(14-9)13(15)16)3-2-6-17-11-4-5-11/h7-8,11H,4-6H2,1H3,(H,15,16). The van der Waals surface area contributed by atoms with Gasteiger partial charge in [-0.2, -0.15) is 0 Å². The van der Waals surface area contributed by atoms with Crippen molar-refractivity contribution in [3.63, 3.8) is 0 Å². The van der Waals surface area contributed by atoms with Crippen LogP contribution in [-0.4, -0.2) is 28.8 Å². The fraction of sp³-hybridized carbons (Fsp3) is 0.385. The van der Waals surface area contributed by atoms with Crippen molar-refractivity contribution in [2.45, 2.75) is 25.9 Å². The molecule has 2 rings (SSSR count). The van der Waals surface area contributed by atoms with Crippen LogP contribution in [0.4, 0.5) is 0 Å². The van der Waals surface area contributed by atoms with Gasteiger partial charge in [0.05, 0.1) is 6.10 Å². The Morgan fingerprint density at radius 3 is 3.00 bits per heavy atom.